The minimum absolute atomic E-state index is 0.0352. The van der Waals surface area contributed by atoms with Gasteiger partial charge in [0, 0.05) is 6.20 Å². The predicted molar refractivity (Wildman–Crippen MR) is 60.2 cm³/mol. The molecule has 1 atom stereocenters. The number of nitrogens with zero attached hydrogens (tertiary/aromatic N) is 2. The second kappa shape index (κ2) is 4.53. The molecule has 0 fully saturated rings. The van der Waals surface area contributed by atoms with Crippen molar-refractivity contribution >= 4 is 0 Å². The molecule has 1 aliphatic carbocycles. The first kappa shape index (κ1) is 10.3. The van der Waals surface area contributed by atoms with Gasteiger partial charge in [0.1, 0.15) is 5.82 Å². The summed E-state index contributed by atoms with van der Waals surface area (Å²) in [5.74, 6) is 0.791. The number of rotatable bonds is 2. The molecule has 0 spiro atoms. The molecule has 1 heterocycles. The Kier molecular flexibility index (Phi) is 3.11. The largest absolute Gasteiger partial charge is 0.319 e. The molecule has 0 aliphatic heterocycles. The van der Waals surface area contributed by atoms with Gasteiger partial charge in [-0.3, -0.25) is 0 Å². The average molecular weight is 203 g/mol. The second-order valence-electron chi connectivity index (χ2n) is 4.03. The summed E-state index contributed by atoms with van der Waals surface area (Å²) in [4.78, 5) is 8.45. The highest BCUT2D eigenvalue weighted by molar-refractivity contribution is 5.22. The Bertz CT molecular complexity index is 371. The summed E-state index contributed by atoms with van der Waals surface area (Å²) >= 11 is 0. The second-order valence-corrected chi connectivity index (χ2v) is 4.03. The van der Waals surface area contributed by atoms with Crippen LogP contribution in [0.25, 0.3) is 0 Å². The Morgan fingerprint density at radius 1 is 1.40 bits per heavy atom. The highest BCUT2D eigenvalue weighted by Crippen LogP contribution is 2.26. The Labute approximate surface area is 90.4 Å². The summed E-state index contributed by atoms with van der Waals surface area (Å²) < 4.78 is 0. The van der Waals surface area contributed by atoms with E-state index in [0.717, 1.165) is 24.4 Å². The van der Waals surface area contributed by atoms with Crippen LogP contribution in [0.5, 0.6) is 0 Å². The van der Waals surface area contributed by atoms with Gasteiger partial charge in [0.05, 0.1) is 11.7 Å². The fraction of sp³-hybridized carbons (Fsp3) is 0.500. The van der Waals surface area contributed by atoms with Crippen molar-refractivity contribution in [3.63, 3.8) is 0 Å². The van der Waals surface area contributed by atoms with Crippen LogP contribution < -0.4 is 5.73 Å². The highest BCUT2D eigenvalue weighted by atomic mass is 14.9. The van der Waals surface area contributed by atoms with Crippen molar-refractivity contribution in [2.45, 2.75) is 38.6 Å². The topological polar surface area (TPSA) is 51.8 Å². The molecule has 1 unspecified atom stereocenters. The van der Waals surface area contributed by atoms with Gasteiger partial charge in [-0.15, -0.1) is 0 Å². The minimum Gasteiger partial charge on any atom is -0.319 e. The molecule has 1 aromatic rings. The fourth-order valence-corrected chi connectivity index (χ4v) is 1.98. The van der Waals surface area contributed by atoms with E-state index < -0.39 is 0 Å². The minimum atomic E-state index is -0.0352. The predicted octanol–water partition coefficient (Wildman–Crippen LogP) is 2.29. The Balaban J connectivity index is 2.19. The number of nitrogens with two attached hydrogens (primary N) is 1. The van der Waals surface area contributed by atoms with Gasteiger partial charge in [-0.25, -0.2) is 9.97 Å². The lowest BCUT2D eigenvalue weighted by molar-refractivity contribution is 0.639. The standard InChI is InChI=1S/C12H17N3/c1-9-14-8-7-11(15-9)12(13)10-5-3-2-4-6-10/h5,7-8,12H,2-4,6,13H2,1H3. The molecule has 3 nitrogen and oxygen atoms in total. The number of aryl methyl sites for hydroxylation is 1. The summed E-state index contributed by atoms with van der Waals surface area (Å²) in [6.45, 7) is 1.89. The summed E-state index contributed by atoms with van der Waals surface area (Å²) in [5.41, 5.74) is 8.45. The van der Waals surface area contributed by atoms with Crippen LogP contribution in [0.3, 0.4) is 0 Å². The monoisotopic (exact) mass is 203 g/mol. The van der Waals surface area contributed by atoms with Crippen molar-refractivity contribution in [1.29, 1.82) is 0 Å². The lowest BCUT2D eigenvalue weighted by Crippen LogP contribution is -2.16. The highest BCUT2D eigenvalue weighted by Gasteiger charge is 2.15. The number of hydrogen-bond donors (Lipinski definition) is 1. The van der Waals surface area contributed by atoms with Crippen LogP contribution in [-0.4, -0.2) is 9.97 Å². The van der Waals surface area contributed by atoms with E-state index in [1.807, 2.05) is 13.0 Å². The van der Waals surface area contributed by atoms with E-state index in [9.17, 15) is 0 Å². The van der Waals surface area contributed by atoms with Crippen LogP contribution in [0.4, 0.5) is 0 Å². The molecule has 0 bridgehead atoms. The molecule has 15 heavy (non-hydrogen) atoms. The molecule has 0 saturated heterocycles. The fourth-order valence-electron chi connectivity index (χ4n) is 1.98. The molecule has 3 heteroatoms. The molecular weight excluding hydrogens is 186 g/mol. The third-order valence-electron chi connectivity index (χ3n) is 2.84. The number of aromatic nitrogens is 2. The molecule has 80 valence electrons. The van der Waals surface area contributed by atoms with E-state index in [1.165, 1.54) is 18.4 Å². The van der Waals surface area contributed by atoms with Gasteiger partial charge in [0.2, 0.25) is 0 Å². The average Bonchev–Trinajstić information content (AvgIpc) is 2.29. The van der Waals surface area contributed by atoms with Crippen molar-refractivity contribution in [3.8, 4) is 0 Å². The van der Waals surface area contributed by atoms with E-state index in [1.54, 1.807) is 6.20 Å². The van der Waals surface area contributed by atoms with Gasteiger partial charge in [0.25, 0.3) is 0 Å². The Morgan fingerprint density at radius 2 is 2.27 bits per heavy atom. The zero-order valence-corrected chi connectivity index (χ0v) is 9.11. The molecule has 1 aliphatic rings. The molecule has 1 aromatic heterocycles. The van der Waals surface area contributed by atoms with Crippen LogP contribution in [-0.2, 0) is 0 Å². The smallest absolute Gasteiger partial charge is 0.125 e. The normalized spacial score (nSPS) is 18.4. The molecule has 0 saturated carbocycles. The van der Waals surface area contributed by atoms with E-state index in [0.29, 0.717) is 0 Å². The van der Waals surface area contributed by atoms with Crippen molar-refractivity contribution in [2.24, 2.45) is 5.73 Å². The third kappa shape index (κ3) is 2.42. The van der Waals surface area contributed by atoms with E-state index in [2.05, 4.69) is 16.0 Å². The van der Waals surface area contributed by atoms with Gasteiger partial charge in [0.15, 0.2) is 0 Å². The summed E-state index contributed by atoms with van der Waals surface area (Å²) in [7, 11) is 0. The van der Waals surface area contributed by atoms with Crippen LogP contribution in [0.1, 0.15) is 43.2 Å². The maximum Gasteiger partial charge on any atom is 0.125 e. The lowest BCUT2D eigenvalue weighted by atomic mass is 9.93. The summed E-state index contributed by atoms with van der Waals surface area (Å²) in [6.07, 6.45) is 8.87. The molecule has 2 N–H and O–H groups in total. The van der Waals surface area contributed by atoms with E-state index in [4.69, 9.17) is 5.73 Å². The Hall–Kier alpha value is -1.22. The first-order valence-corrected chi connectivity index (χ1v) is 5.51. The number of allylic oxidation sites excluding steroid dienone is 1. The molecule has 0 aromatic carbocycles. The first-order chi connectivity index (χ1) is 7.27. The first-order valence-electron chi connectivity index (χ1n) is 5.51. The molecule has 0 amide bonds. The molecule has 0 radical (unpaired) electrons. The van der Waals surface area contributed by atoms with Gasteiger partial charge in [-0.1, -0.05) is 11.6 Å². The van der Waals surface area contributed by atoms with Crippen LogP contribution in [0.2, 0.25) is 0 Å². The Morgan fingerprint density at radius 3 is 2.93 bits per heavy atom. The van der Waals surface area contributed by atoms with E-state index >= 15 is 0 Å². The van der Waals surface area contributed by atoms with Crippen molar-refractivity contribution in [3.05, 3.63) is 35.4 Å². The summed E-state index contributed by atoms with van der Waals surface area (Å²) in [6, 6.07) is 1.87. The van der Waals surface area contributed by atoms with Gasteiger partial charge >= 0.3 is 0 Å². The quantitative estimate of drug-likeness (QED) is 0.750. The van der Waals surface area contributed by atoms with Crippen LogP contribution in [0, 0.1) is 6.92 Å². The zero-order valence-electron chi connectivity index (χ0n) is 9.11. The van der Waals surface area contributed by atoms with Crippen molar-refractivity contribution in [1.82, 2.24) is 9.97 Å². The maximum absolute atomic E-state index is 6.18. The van der Waals surface area contributed by atoms with Crippen molar-refractivity contribution in [2.75, 3.05) is 0 Å². The molecule has 2 rings (SSSR count). The lowest BCUT2D eigenvalue weighted by Gasteiger charge is -2.19. The van der Waals surface area contributed by atoms with Gasteiger partial charge < -0.3 is 5.73 Å². The zero-order chi connectivity index (χ0) is 10.7. The SMILES string of the molecule is Cc1nccc(C(N)C2=CCCCC2)n1. The summed E-state index contributed by atoms with van der Waals surface area (Å²) in [5, 5.41) is 0. The van der Waals surface area contributed by atoms with Crippen molar-refractivity contribution < 1.29 is 0 Å². The van der Waals surface area contributed by atoms with Crippen LogP contribution in [0.15, 0.2) is 23.9 Å². The number of hydrogen-bond acceptors (Lipinski definition) is 3. The van der Waals surface area contributed by atoms with Gasteiger partial charge in [-0.05, 0) is 38.7 Å². The molecular formula is C12H17N3. The third-order valence-corrected chi connectivity index (χ3v) is 2.84. The van der Waals surface area contributed by atoms with Gasteiger partial charge in [-0.2, -0.15) is 0 Å². The van der Waals surface area contributed by atoms with Crippen LogP contribution >= 0.6 is 0 Å². The maximum atomic E-state index is 6.18. The van der Waals surface area contributed by atoms with E-state index in [-0.39, 0.29) is 6.04 Å².